The highest BCUT2D eigenvalue weighted by Crippen LogP contribution is 2.20. The van der Waals surface area contributed by atoms with Gasteiger partial charge in [0.2, 0.25) is 5.91 Å². The van der Waals surface area contributed by atoms with Gasteiger partial charge in [0, 0.05) is 11.6 Å². The third kappa shape index (κ3) is 4.63. The number of nitrogens with one attached hydrogen (secondary N) is 1. The lowest BCUT2D eigenvalue weighted by Crippen LogP contribution is -2.19. The van der Waals surface area contributed by atoms with Crippen LogP contribution in [0.5, 0.6) is 5.75 Å². The van der Waals surface area contributed by atoms with Crippen molar-refractivity contribution in [1.29, 1.82) is 0 Å². The first-order valence-corrected chi connectivity index (χ1v) is 8.40. The molecule has 9 heteroatoms. The molecule has 0 atom stereocenters. The van der Waals surface area contributed by atoms with E-state index in [1.807, 2.05) is 0 Å². The fourth-order valence-electron chi connectivity index (χ4n) is 2.05. The quantitative estimate of drug-likeness (QED) is 0.641. The monoisotopic (exact) mass is 379 g/mol. The highest BCUT2D eigenvalue weighted by molar-refractivity contribution is 8.15. The topological polar surface area (TPSA) is 63.0 Å². The Labute approximate surface area is 151 Å². The van der Waals surface area contributed by atoms with Crippen LogP contribution in [0.1, 0.15) is 11.1 Å². The minimum absolute atomic E-state index is 0.0814. The number of hydrogen-bond acceptors (Lipinski definition) is 5. The number of amides is 1. The van der Waals surface area contributed by atoms with E-state index < -0.39 is 17.5 Å². The smallest absolute Gasteiger partial charge is 0.236 e. The summed E-state index contributed by atoms with van der Waals surface area (Å²) in [4.78, 5) is 11.1. The molecule has 134 valence electrons. The summed E-state index contributed by atoms with van der Waals surface area (Å²) in [6.07, 6.45) is 1.35. The van der Waals surface area contributed by atoms with E-state index in [0.717, 1.165) is 18.2 Å². The van der Waals surface area contributed by atoms with E-state index in [-0.39, 0.29) is 24.0 Å². The predicted molar refractivity (Wildman–Crippen MR) is 92.7 cm³/mol. The van der Waals surface area contributed by atoms with Gasteiger partial charge in [-0.3, -0.25) is 4.79 Å². The van der Waals surface area contributed by atoms with Gasteiger partial charge < -0.3 is 10.1 Å². The Morgan fingerprint density at radius 3 is 2.73 bits per heavy atom. The molecule has 1 fully saturated rings. The molecule has 0 bridgehead atoms. The fraction of sp³-hybridized carbons (Fsp3) is 0.118. The summed E-state index contributed by atoms with van der Waals surface area (Å²) in [7, 11) is 0. The molecule has 1 heterocycles. The van der Waals surface area contributed by atoms with E-state index in [2.05, 4.69) is 15.5 Å². The van der Waals surface area contributed by atoms with Crippen LogP contribution in [0.4, 0.5) is 13.2 Å². The van der Waals surface area contributed by atoms with E-state index in [1.54, 1.807) is 0 Å². The van der Waals surface area contributed by atoms with Gasteiger partial charge in [0.05, 0.1) is 12.0 Å². The minimum atomic E-state index is -0.987. The van der Waals surface area contributed by atoms with Crippen molar-refractivity contribution in [3.05, 3.63) is 65.0 Å². The molecule has 0 saturated carbocycles. The van der Waals surface area contributed by atoms with Gasteiger partial charge in [-0.25, -0.2) is 13.2 Å². The van der Waals surface area contributed by atoms with Crippen molar-refractivity contribution in [2.75, 3.05) is 5.75 Å². The summed E-state index contributed by atoms with van der Waals surface area (Å²) in [6.45, 7) is -0.0814. The number of hydrogen-bond donors (Lipinski definition) is 1. The van der Waals surface area contributed by atoms with Crippen LogP contribution in [-0.4, -0.2) is 23.0 Å². The van der Waals surface area contributed by atoms with Gasteiger partial charge in [-0.2, -0.15) is 5.10 Å². The van der Waals surface area contributed by atoms with E-state index in [1.165, 1.54) is 36.2 Å². The van der Waals surface area contributed by atoms with Crippen molar-refractivity contribution in [2.45, 2.75) is 6.61 Å². The van der Waals surface area contributed by atoms with E-state index in [9.17, 15) is 18.0 Å². The summed E-state index contributed by atoms with van der Waals surface area (Å²) in [6, 6.07) is 7.20. The number of nitrogens with zero attached hydrogens (tertiary/aromatic N) is 2. The number of benzene rings is 2. The lowest BCUT2D eigenvalue weighted by atomic mass is 10.2. The molecular weight excluding hydrogens is 367 g/mol. The van der Waals surface area contributed by atoms with E-state index >= 15 is 0 Å². The molecule has 26 heavy (non-hydrogen) atoms. The molecule has 0 spiro atoms. The molecular formula is C17H12F3N3O2S. The lowest BCUT2D eigenvalue weighted by molar-refractivity contribution is -0.116. The lowest BCUT2D eigenvalue weighted by Gasteiger charge is -2.09. The number of carbonyl (C=O) groups is 1. The zero-order chi connectivity index (χ0) is 18.5. The second-order valence-electron chi connectivity index (χ2n) is 5.21. The highest BCUT2D eigenvalue weighted by Gasteiger charge is 2.16. The molecule has 2 aromatic carbocycles. The highest BCUT2D eigenvalue weighted by atomic mass is 32.2. The molecule has 1 amide bonds. The van der Waals surface area contributed by atoms with Crippen LogP contribution in [0.3, 0.4) is 0 Å². The van der Waals surface area contributed by atoms with Crippen molar-refractivity contribution in [3.8, 4) is 5.75 Å². The Morgan fingerprint density at radius 2 is 2.00 bits per heavy atom. The van der Waals surface area contributed by atoms with Crippen LogP contribution in [0.15, 0.2) is 46.6 Å². The molecule has 5 nitrogen and oxygen atoms in total. The average Bonchev–Trinajstić information content (AvgIpc) is 3.03. The molecule has 0 aliphatic carbocycles. The van der Waals surface area contributed by atoms with Crippen LogP contribution in [0.25, 0.3) is 0 Å². The number of rotatable bonds is 5. The number of halogens is 3. The fourth-order valence-corrected chi connectivity index (χ4v) is 2.68. The van der Waals surface area contributed by atoms with E-state index in [4.69, 9.17) is 4.74 Å². The van der Waals surface area contributed by atoms with Crippen molar-refractivity contribution in [3.63, 3.8) is 0 Å². The number of thioether (sulfide) groups is 1. The molecule has 1 aliphatic heterocycles. The third-order valence-electron chi connectivity index (χ3n) is 3.29. The SMILES string of the molecule is O=C1CSC(=NN=Cc2ccc(F)cc2OCc2ccc(F)c(F)c2)N1. The van der Waals surface area contributed by atoms with Gasteiger partial charge in [0.15, 0.2) is 16.8 Å². The molecule has 0 radical (unpaired) electrons. The van der Waals surface area contributed by atoms with Crippen molar-refractivity contribution < 1.29 is 22.7 Å². The second kappa shape index (κ2) is 8.05. The Bertz CT molecular complexity index is 903. The maximum Gasteiger partial charge on any atom is 0.236 e. The zero-order valence-electron chi connectivity index (χ0n) is 13.2. The zero-order valence-corrected chi connectivity index (χ0v) is 14.0. The summed E-state index contributed by atoms with van der Waals surface area (Å²) in [5.74, 6) is -2.16. The molecule has 1 saturated heterocycles. The van der Waals surface area contributed by atoms with Gasteiger partial charge in [-0.15, -0.1) is 5.10 Å². The Balaban J connectivity index is 1.73. The standard InChI is InChI=1S/C17H12F3N3O2S/c18-12-3-2-11(7-21-23-17-22-16(24)9-26-17)15(6-12)25-8-10-1-4-13(19)14(20)5-10/h1-7H,8-9H2,(H,22,23,24). The molecule has 1 N–H and O–H groups in total. The maximum absolute atomic E-state index is 13.5. The van der Waals surface area contributed by atoms with Crippen LogP contribution in [0.2, 0.25) is 0 Å². The molecule has 1 aliphatic rings. The van der Waals surface area contributed by atoms with Gasteiger partial charge in [0.1, 0.15) is 18.2 Å². The normalized spacial score (nSPS) is 15.7. The number of amidine groups is 1. The van der Waals surface area contributed by atoms with Gasteiger partial charge >= 0.3 is 0 Å². The first kappa shape index (κ1) is 18.0. The molecule has 0 unspecified atom stereocenters. The Hall–Kier alpha value is -2.81. The van der Waals surface area contributed by atoms with E-state index in [0.29, 0.717) is 16.3 Å². The maximum atomic E-state index is 13.5. The number of ether oxygens (including phenoxy) is 1. The number of carbonyl (C=O) groups excluding carboxylic acids is 1. The Morgan fingerprint density at radius 1 is 1.15 bits per heavy atom. The predicted octanol–water partition coefficient (Wildman–Crippen LogP) is 3.24. The minimum Gasteiger partial charge on any atom is -0.488 e. The van der Waals surface area contributed by atoms with Crippen LogP contribution in [0, 0.1) is 17.5 Å². The van der Waals surface area contributed by atoms with Crippen LogP contribution in [-0.2, 0) is 11.4 Å². The summed E-state index contributed by atoms with van der Waals surface area (Å²) in [5, 5.41) is 10.6. The molecule has 0 aromatic heterocycles. The molecule has 2 aromatic rings. The summed E-state index contributed by atoms with van der Waals surface area (Å²) < 4.78 is 45.2. The van der Waals surface area contributed by atoms with Gasteiger partial charge in [-0.05, 0) is 29.8 Å². The third-order valence-corrected chi connectivity index (χ3v) is 4.15. The van der Waals surface area contributed by atoms with Crippen molar-refractivity contribution >= 4 is 29.1 Å². The van der Waals surface area contributed by atoms with Gasteiger partial charge in [0.25, 0.3) is 0 Å². The first-order chi connectivity index (χ1) is 12.5. The summed E-state index contributed by atoms with van der Waals surface area (Å²) >= 11 is 1.22. The second-order valence-corrected chi connectivity index (χ2v) is 6.17. The van der Waals surface area contributed by atoms with Crippen molar-refractivity contribution in [1.82, 2.24) is 5.32 Å². The van der Waals surface area contributed by atoms with Crippen molar-refractivity contribution in [2.24, 2.45) is 10.2 Å². The largest absolute Gasteiger partial charge is 0.488 e. The molecule has 3 rings (SSSR count). The van der Waals surface area contributed by atoms with Crippen LogP contribution < -0.4 is 10.1 Å². The first-order valence-electron chi connectivity index (χ1n) is 7.41. The Kier molecular flexibility index (Phi) is 5.57. The summed E-state index contributed by atoms with van der Waals surface area (Å²) in [5.41, 5.74) is 0.828. The van der Waals surface area contributed by atoms with Crippen LogP contribution >= 0.6 is 11.8 Å². The van der Waals surface area contributed by atoms with Gasteiger partial charge in [-0.1, -0.05) is 17.8 Å². The average molecular weight is 379 g/mol.